The van der Waals surface area contributed by atoms with E-state index in [1.807, 2.05) is 24.3 Å². The summed E-state index contributed by atoms with van der Waals surface area (Å²) in [6.07, 6.45) is 5.74. The highest BCUT2D eigenvalue weighted by atomic mass is 32.1. The number of hydrogen-bond acceptors (Lipinski definition) is 9. The topological polar surface area (TPSA) is 126 Å². The first kappa shape index (κ1) is 22.9. The standard InChI is InChI=1S/C24H25N7O3S/c1-14(2)15-10-22(30-27-12-15)29-21-4-3-18-19(28-21)9-16(11-25-18)20-13-26-23(35-20)34-17-5-7-31(8-6-17)24(32)33/h3-4,9-14,17H,5-8H2,1-2H3,(H,32,33)(H,28,29,30). The number of amides is 1. The molecule has 0 bridgehead atoms. The molecule has 4 aromatic rings. The maximum atomic E-state index is 11.1. The summed E-state index contributed by atoms with van der Waals surface area (Å²) in [6.45, 7) is 5.17. The number of nitrogens with one attached hydrogen (secondary N) is 1. The third kappa shape index (κ3) is 5.29. The van der Waals surface area contributed by atoms with Gasteiger partial charge in [-0.1, -0.05) is 25.2 Å². The Balaban J connectivity index is 1.30. The van der Waals surface area contributed by atoms with Crippen LogP contribution in [0, 0.1) is 0 Å². The van der Waals surface area contributed by atoms with E-state index in [1.54, 1.807) is 18.6 Å². The van der Waals surface area contributed by atoms with Crippen LogP contribution in [0.1, 0.15) is 38.2 Å². The first-order valence-electron chi connectivity index (χ1n) is 11.4. The molecule has 1 aliphatic heterocycles. The number of nitrogens with zero attached hydrogens (tertiary/aromatic N) is 6. The highest BCUT2D eigenvalue weighted by Crippen LogP contribution is 2.33. The SMILES string of the molecule is CC(C)c1cnnc(Nc2ccc3ncc(-c4cnc(OC5CCN(C(=O)O)CC5)s4)cc3n2)c1. The van der Waals surface area contributed by atoms with E-state index in [2.05, 4.69) is 39.3 Å². The minimum absolute atomic E-state index is 0.0353. The van der Waals surface area contributed by atoms with Crippen LogP contribution in [0.15, 0.2) is 42.9 Å². The van der Waals surface area contributed by atoms with Crippen LogP contribution >= 0.6 is 11.3 Å². The van der Waals surface area contributed by atoms with Gasteiger partial charge in [-0.05, 0) is 35.7 Å². The van der Waals surface area contributed by atoms with Gasteiger partial charge in [-0.2, -0.15) is 5.10 Å². The van der Waals surface area contributed by atoms with E-state index in [9.17, 15) is 4.79 Å². The molecule has 2 N–H and O–H groups in total. The molecule has 1 amide bonds. The minimum Gasteiger partial charge on any atom is -0.467 e. The second-order valence-electron chi connectivity index (χ2n) is 8.69. The highest BCUT2D eigenvalue weighted by molar-refractivity contribution is 7.16. The van der Waals surface area contributed by atoms with Crippen molar-refractivity contribution >= 4 is 40.1 Å². The largest absolute Gasteiger partial charge is 0.467 e. The van der Waals surface area contributed by atoms with Crippen LogP contribution in [0.2, 0.25) is 0 Å². The molecule has 35 heavy (non-hydrogen) atoms. The Morgan fingerprint density at radius 1 is 1.11 bits per heavy atom. The average molecular weight is 492 g/mol. The quantitative estimate of drug-likeness (QED) is 0.386. The van der Waals surface area contributed by atoms with Crippen molar-refractivity contribution in [2.75, 3.05) is 18.4 Å². The molecule has 4 aromatic heterocycles. The highest BCUT2D eigenvalue weighted by Gasteiger charge is 2.24. The van der Waals surface area contributed by atoms with Gasteiger partial charge in [-0.25, -0.2) is 14.8 Å². The number of rotatable bonds is 6. The molecular formula is C24H25N7O3S. The zero-order valence-corrected chi connectivity index (χ0v) is 20.2. The zero-order chi connectivity index (χ0) is 24.4. The zero-order valence-electron chi connectivity index (χ0n) is 19.4. The number of piperidine rings is 1. The van der Waals surface area contributed by atoms with E-state index in [4.69, 9.17) is 14.8 Å². The van der Waals surface area contributed by atoms with Crippen molar-refractivity contribution in [3.05, 3.63) is 48.4 Å². The van der Waals surface area contributed by atoms with E-state index in [-0.39, 0.29) is 6.10 Å². The normalized spacial score (nSPS) is 14.4. The number of thiazole rings is 1. The lowest BCUT2D eigenvalue weighted by Gasteiger charge is -2.29. The lowest BCUT2D eigenvalue weighted by atomic mass is 10.1. The maximum Gasteiger partial charge on any atom is 0.407 e. The van der Waals surface area contributed by atoms with Crippen molar-refractivity contribution in [3.63, 3.8) is 0 Å². The van der Waals surface area contributed by atoms with Crippen LogP contribution in [0.5, 0.6) is 5.19 Å². The minimum atomic E-state index is -0.882. The van der Waals surface area contributed by atoms with Gasteiger partial charge >= 0.3 is 6.09 Å². The number of likely N-dealkylation sites (tertiary alicyclic amines) is 1. The fraction of sp³-hybridized carbons (Fsp3) is 0.333. The van der Waals surface area contributed by atoms with Gasteiger partial charge < -0.3 is 20.1 Å². The fourth-order valence-corrected chi connectivity index (χ4v) is 4.67. The molecule has 0 aromatic carbocycles. The smallest absolute Gasteiger partial charge is 0.407 e. The number of ether oxygens (including phenoxy) is 1. The number of fused-ring (bicyclic) bond motifs is 1. The van der Waals surface area contributed by atoms with Crippen LogP contribution in [-0.2, 0) is 0 Å². The van der Waals surface area contributed by atoms with Gasteiger partial charge in [0.15, 0.2) is 5.82 Å². The molecule has 0 aliphatic carbocycles. The molecule has 0 spiro atoms. The van der Waals surface area contributed by atoms with Crippen LogP contribution in [0.3, 0.4) is 0 Å². The molecule has 1 aliphatic rings. The van der Waals surface area contributed by atoms with E-state index >= 15 is 0 Å². The third-order valence-electron chi connectivity index (χ3n) is 5.88. The first-order chi connectivity index (χ1) is 16.9. The first-order valence-corrected chi connectivity index (χ1v) is 12.2. The molecule has 10 nitrogen and oxygen atoms in total. The molecule has 0 saturated carbocycles. The van der Waals surface area contributed by atoms with Gasteiger partial charge in [-0.3, -0.25) is 4.98 Å². The Morgan fingerprint density at radius 2 is 1.94 bits per heavy atom. The molecule has 1 fully saturated rings. The predicted octanol–water partition coefficient (Wildman–Crippen LogP) is 4.93. The molecule has 5 heterocycles. The monoisotopic (exact) mass is 491 g/mol. The number of aromatic nitrogens is 5. The number of pyridine rings is 2. The van der Waals surface area contributed by atoms with E-state index in [0.29, 0.717) is 48.7 Å². The Bertz CT molecular complexity index is 1350. The van der Waals surface area contributed by atoms with Crippen LogP contribution in [0.4, 0.5) is 16.4 Å². The Morgan fingerprint density at radius 3 is 2.71 bits per heavy atom. The van der Waals surface area contributed by atoms with Gasteiger partial charge in [-0.15, -0.1) is 5.10 Å². The maximum absolute atomic E-state index is 11.1. The van der Waals surface area contributed by atoms with Crippen molar-refractivity contribution in [3.8, 4) is 15.6 Å². The lowest BCUT2D eigenvalue weighted by molar-refractivity contribution is 0.0893. The van der Waals surface area contributed by atoms with Crippen molar-refractivity contribution in [2.45, 2.75) is 38.7 Å². The van der Waals surface area contributed by atoms with Gasteiger partial charge in [0, 0.05) is 43.9 Å². The van der Waals surface area contributed by atoms with Gasteiger partial charge in [0.2, 0.25) is 0 Å². The Kier molecular flexibility index (Phi) is 6.41. The number of carboxylic acid groups (broad SMARTS) is 1. The Hall–Kier alpha value is -3.86. The average Bonchev–Trinajstić information content (AvgIpc) is 3.32. The third-order valence-corrected chi connectivity index (χ3v) is 6.82. The van der Waals surface area contributed by atoms with E-state index in [0.717, 1.165) is 27.0 Å². The summed E-state index contributed by atoms with van der Waals surface area (Å²) in [7, 11) is 0. The van der Waals surface area contributed by atoms with Gasteiger partial charge in [0.25, 0.3) is 5.19 Å². The molecule has 0 unspecified atom stereocenters. The van der Waals surface area contributed by atoms with Crippen LogP contribution < -0.4 is 10.1 Å². The van der Waals surface area contributed by atoms with Crippen molar-refractivity contribution in [1.82, 2.24) is 30.0 Å². The van der Waals surface area contributed by atoms with Gasteiger partial charge in [0.05, 0.1) is 22.1 Å². The van der Waals surface area contributed by atoms with Crippen molar-refractivity contribution in [2.24, 2.45) is 0 Å². The molecule has 1 saturated heterocycles. The summed E-state index contributed by atoms with van der Waals surface area (Å²) in [5, 5.41) is 21.1. The summed E-state index contributed by atoms with van der Waals surface area (Å²) in [5.41, 5.74) is 3.53. The molecule has 180 valence electrons. The molecule has 0 radical (unpaired) electrons. The fourth-order valence-electron chi connectivity index (χ4n) is 3.85. The van der Waals surface area contributed by atoms with Crippen LogP contribution in [-0.4, -0.2) is 60.4 Å². The summed E-state index contributed by atoms with van der Waals surface area (Å²) in [5.74, 6) is 1.66. The van der Waals surface area contributed by atoms with Crippen LogP contribution in [0.25, 0.3) is 21.5 Å². The van der Waals surface area contributed by atoms with Gasteiger partial charge in [0.1, 0.15) is 11.9 Å². The Labute approximate surface area is 206 Å². The summed E-state index contributed by atoms with van der Waals surface area (Å²) in [6, 6.07) is 7.74. The van der Waals surface area contributed by atoms with E-state index < -0.39 is 6.09 Å². The second-order valence-corrected chi connectivity index (χ2v) is 9.68. The molecule has 5 rings (SSSR count). The molecule has 0 atom stereocenters. The second kappa shape index (κ2) is 9.79. The molecule has 11 heteroatoms. The molecular weight excluding hydrogens is 466 g/mol. The number of carbonyl (C=O) groups is 1. The lowest BCUT2D eigenvalue weighted by Crippen LogP contribution is -2.41. The summed E-state index contributed by atoms with van der Waals surface area (Å²) < 4.78 is 6.01. The van der Waals surface area contributed by atoms with Crippen molar-refractivity contribution < 1.29 is 14.6 Å². The summed E-state index contributed by atoms with van der Waals surface area (Å²) >= 11 is 1.44. The van der Waals surface area contributed by atoms with E-state index in [1.165, 1.54) is 16.2 Å². The summed E-state index contributed by atoms with van der Waals surface area (Å²) in [4.78, 5) is 27.1. The van der Waals surface area contributed by atoms with Crippen molar-refractivity contribution in [1.29, 1.82) is 0 Å². The number of anilines is 2. The predicted molar refractivity (Wildman–Crippen MR) is 133 cm³/mol. The number of hydrogen-bond donors (Lipinski definition) is 2.